The van der Waals surface area contributed by atoms with Crippen LogP contribution >= 0.6 is 0 Å². The van der Waals surface area contributed by atoms with Gasteiger partial charge in [0.25, 0.3) is 5.91 Å². The van der Waals surface area contributed by atoms with E-state index in [0.29, 0.717) is 6.04 Å². The van der Waals surface area contributed by atoms with E-state index in [-0.39, 0.29) is 22.9 Å². The van der Waals surface area contributed by atoms with Crippen molar-refractivity contribution in [3.05, 3.63) is 33.7 Å². The molecule has 0 bridgehead atoms. The molecule has 2 aliphatic heterocycles. The molecule has 5 heteroatoms. The standard InChI is InChI=1S/C14H19N3O2/c1-9-7-13(18)10(8-15-9)14(19)16-11-4-6-17-5-2-3-12(11)17/h7-8,11-12H,2-6H2,1H3,(H,15,18)(H,16,19). The molecular formula is C14H19N3O2. The zero-order chi connectivity index (χ0) is 13.4. The first-order valence-electron chi connectivity index (χ1n) is 6.89. The number of rotatable bonds is 2. The van der Waals surface area contributed by atoms with E-state index in [0.717, 1.165) is 31.6 Å². The zero-order valence-electron chi connectivity index (χ0n) is 11.1. The molecule has 5 nitrogen and oxygen atoms in total. The second kappa shape index (κ2) is 4.81. The first-order chi connectivity index (χ1) is 9.15. The first-order valence-corrected chi connectivity index (χ1v) is 6.89. The lowest BCUT2D eigenvalue weighted by Gasteiger charge is -2.21. The maximum atomic E-state index is 12.2. The van der Waals surface area contributed by atoms with Crippen LogP contribution < -0.4 is 10.7 Å². The topological polar surface area (TPSA) is 65.2 Å². The van der Waals surface area contributed by atoms with Gasteiger partial charge in [-0.15, -0.1) is 0 Å². The monoisotopic (exact) mass is 261 g/mol. The highest BCUT2D eigenvalue weighted by atomic mass is 16.2. The second-order valence-corrected chi connectivity index (χ2v) is 5.51. The first kappa shape index (κ1) is 12.4. The lowest BCUT2D eigenvalue weighted by molar-refractivity contribution is 0.0928. The number of aryl methyl sites for hydroxylation is 1. The van der Waals surface area contributed by atoms with Gasteiger partial charge in [-0.25, -0.2) is 0 Å². The lowest BCUT2D eigenvalue weighted by Crippen LogP contribution is -2.43. The number of H-pyrrole nitrogens is 1. The van der Waals surface area contributed by atoms with Gasteiger partial charge in [-0.05, 0) is 32.7 Å². The third kappa shape index (κ3) is 2.30. The summed E-state index contributed by atoms with van der Waals surface area (Å²) in [5, 5.41) is 3.03. The predicted molar refractivity (Wildman–Crippen MR) is 72.3 cm³/mol. The molecule has 0 radical (unpaired) electrons. The van der Waals surface area contributed by atoms with Crippen LogP contribution in [0.1, 0.15) is 35.3 Å². The Morgan fingerprint density at radius 3 is 3.05 bits per heavy atom. The smallest absolute Gasteiger partial charge is 0.257 e. The molecule has 3 rings (SSSR count). The van der Waals surface area contributed by atoms with Crippen molar-refractivity contribution < 1.29 is 4.79 Å². The molecule has 19 heavy (non-hydrogen) atoms. The Kier molecular flexibility index (Phi) is 3.14. The number of amides is 1. The molecule has 1 amide bonds. The van der Waals surface area contributed by atoms with Crippen molar-refractivity contribution in [1.82, 2.24) is 15.2 Å². The molecule has 3 heterocycles. The number of fused-ring (bicyclic) bond motifs is 1. The quantitative estimate of drug-likeness (QED) is 0.821. The van der Waals surface area contributed by atoms with Crippen molar-refractivity contribution in [3.63, 3.8) is 0 Å². The van der Waals surface area contributed by atoms with Crippen LogP contribution in [0.25, 0.3) is 0 Å². The van der Waals surface area contributed by atoms with E-state index in [1.54, 1.807) is 6.92 Å². The van der Waals surface area contributed by atoms with Crippen molar-refractivity contribution in [3.8, 4) is 0 Å². The number of aromatic amines is 1. The summed E-state index contributed by atoms with van der Waals surface area (Å²) in [5.41, 5.74) is 0.765. The number of hydrogen-bond donors (Lipinski definition) is 2. The van der Waals surface area contributed by atoms with Crippen LogP contribution in [-0.4, -0.2) is 41.0 Å². The Hall–Kier alpha value is -1.62. The minimum absolute atomic E-state index is 0.190. The summed E-state index contributed by atoms with van der Waals surface area (Å²) in [6, 6.07) is 2.12. The molecule has 102 valence electrons. The highest BCUT2D eigenvalue weighted by Crippen LogP contribution is 2.27. The van der Waals surface area contributed by atoms with E-state index in [2.05, 4.69) is 15.2 Å². The molecule has 2 aliphatic rings. The maximum absolute atomic E-state index is 12.2. The molecule has 0 aromatic carbocycles. The van der Waals surface area contributed by atoms with Gasteiger partial charge in [0.15, 0.2) is 5.43 Å². The minimum atomic E-state index is -0.250. The van der Waals surface area contributed by atoms with Gasteiger partial charge in [-0.2, -0.15) is 0 Å². The Morgan fingerprint density at radius 2 is 2.26 bits per heavy atom. The van der Waals surface area contributed by atoms with E-state index in [4.69, 9.17) is 0 Å². The molecule has 2 saturated heterocycles. The summed E-state index contributed by atoms with van der Waals surface area (Å²) >= 11 is 0. The molecule has 0 saturated carbocycles. The number of nitrogens with one attached hydrogen (secondary N) is 2. The van der Waals surface area contributed by atoms with Crippen molar-refractivity contribution in [2.24, 2.45) is 0 Å². The van der Waals surface area contributed by atoms with Crippen LogP contribution in [-0.2, 0) is 0 Å². The van der Waals surface area contributed by atoms with Crippen molar-refractivity contribution in [2.75, 3.05) is 13.1 Å². The van der Waals surface area contributed by atoms with Crippen LogP contribution in [0.15, 0.2) is 17.1 Å². The summed E-state index contributed by atoms with van der Waals surface area (Å²) in [6.45, 7) is 4.00. The summed E-state index contributed by atoms with van der Waals surface area (Å²) < 4.78 is 0. The van der Waals surface area contributed by atoms with Gasteiger partial charge in [0.05, 0.1) is 0 Å². The Balaban J connectivity index is 1.73. The normalized spacial score (nSPS) is 26.4. The van der Waals surface area contributed by atoms with Gasteiger partial charge in [0.1, 0.15) is 5.56 Å². The van der Waals surface area contributed by atoms with Crippen molar-refractivity contribution in [2.45, 2.75) is 38.3 Å². The number of carbonyl (C=O) groups is 1. The third-order valence-corrected chi connectivity index (χ3v) is 4.22. The van der Waals surface area contributed by atoms with Crippen molar-refractivity contribution in [1.29, 1.82) is 0 Å². The van der Waals surface area contributed by atoms with Crippen LogP contribution in [0, 0.1) is 6.92 Å². The molecule has 0 spiro atoms. The molecule has 0 aliphatic carbocycles. The van der Waals surface area contributed by atoms with Crippen LogP contribution in [0.4, 0.5) is 0 Å². The van der Waals surface area contributed by atoms with E-state index >= 15 is 0 Å². The Bertz CT molecular complexity index is 552. The number of aromatic nitrogens is 1. The molecule has 2 fully saturated rings. The van der Waals surface area contributed by atoms with E-state index in [1.807, 2.05) is 0 Å². The Morgan fingerprint density at radius 1 is 1.42 bits per heavy atom. The van der Waals surface area contributed by atoms with E-state index in [1.165, 1.54) is 18.7 Å². The number of hydrogen-bond acceptors (Lipinski definition) is 3. The number of nitrogens with zero attached hydrogens (tertiary/aromatic N) is 1. The molecule has 1 aromatic rings. The van der Waals surface area contributed by atoms with Gasteiger partial charge >= 0.3 is 0 Å². The largest absolute Gasteiger partial charge is 0.364 e. The fourth-order valence-corrected chi connectivity index (χ4v) is 3.25. The number of pyridine rings is 1. The molecular weight excluding hydrogens is 242 g/mol. The summed E-state index contributed by atoms with van der Waals surface area (Å²) in [4.78, 5) is 29.3. The Labute approximate surface area is 112 Å². The average Bonchev–Trinajstić information content (AvgIpc) is 2.94. The molecule has 2 N–H and O–H groups in total. The fourth-order valence-electron chi connectivity index (χ4n) is 3.25. The molecule has 2 atom stereocenters. The summed E-state index contributed by atoms with van der Waals surface area (Å²) in [7, 11) is 0. The van der Waals surface area contributed by atoms with Gasteiger partial charge < -0.3 is 10.3 Å². The highest BCUT2D eigenvalue weighted by molar-refractivity contribution is 5.94. The highest BCUT2D eigenvalue weighted by Gasteiger charge is 2.37. The van der Waals surface area contributed by atoms with E-state index < -0.39 is 0 Å². The summed E-state index contributed by atoms with van der Waals surface area (Å²) in [6.07, 6.45) is 4.85. The predicted octanol–water partition coefficient (Wildman–Crippen LogP) is 0.650. The van der Waals surface area contributed by atoms with Crippen LogP contribution in [0.3, 0.4) is 0 Å². The van der Waals surface area contributed by atoms with Gasteiger partial charge in [0, 0.05) is 36.6 Å². The fraction of sp³-hybridized carbons (Fsp3) is 0.571. The minimum Gasteiger partial charge on any atom is -0.364 e. The zero-order valence-corrected chi connectivity index (χ0v) is 11.1. The van der Waals surface area contributed by atoms with Gasteiger partial charge in [-0.1, -0.05) is 0 Å². The average molecular weight is 261 g/mol. The maximum Gasteiger partial charge on any atom is 0.257 e. The van der Waals surface area contributed by atoms with Crippen LogP contribution in [0.5, 0.6) is 0 Å². The van der Waals surface area contributed by atoms with Crippen LogP contribution in [0.2, 0.25) is 0 Å². The van der Waals surface area contributed by atoms with E-state index in [9.17, 15) is 9.59 Å². The second-order valence-electron chi connectivity index (χ2n) is 5.51. The molecule has 2 unspecified atom stereocenters. The number of carbonyl (C=O) groups excluding carboxylic acids is 1. The molecule has 1 aromatic heterocycles. The SMILES string of the molecule is Cc1cc(=O)c(C(=O)NC2CCN3CCCC23)c[nH]1. The van der Waals surface area contributed by atoms with Crippen molar-refractivity contribution >= 4 is 5.91 Å². The summed E-state index contributed by atoms with van der Waals surface area (Å²) in [5.74, 6) is -0.250. The van der Waals surface area contributed by atoms with Gasteiger partial charge in [-0.3, -0.25) is 14.5 Å². The lowest BCUT2D eigenvalue weighted by atomic mass is 10.1. The van der Waals surface area contributed by atoms with Gasteiger partial charge in [0.2, 0.25) is 0 Å². The third-order valence-electron chi connectivity index (χ3n) is 4.22.